The van der Waals surface area contributed by atoms with E-state index < -0.39 is 0 Å². The van der Waals surface area contributed by atoms with Gasteiger partial charge in [-0.2, -0.15) is 0 Å². The third-order valence-electron chi connectivity index (χ3n) is 3.76. The Kier molecular flexibility index (Phi) is 3.01. The van der Waals surface area contributed by atoms with Gasteiger partial charge in [0.15, 0.2) is 5.78 Å². The van der Waals surface area contributed by atoms with Crippen LogP contribution in [0.25, 0.3) is 0 Å². The number of carbonyl (C=O) groups is 2. The number of anilines is 1. The lowest BCUT2D eigenvalue weighted by molar-refractivity contribution is -0.116. The van der Waals surface area contributed by atoms with E-state index in [1.54, 1.807) is 24.8 Å². The highest BCUT2D eigenvalue weighted by molar-refractivity contribution is 5.97. The fraction of sp³-hybridized carbons (Fsp3) is 0.467. The van der Waals surface area contributed by atoms with Crippen LogP contribution in [-0.4, -0.2) is 18.2 Å². The summed E-state index contributed by atoms with van der Waals surface area (Å²) < 4.78 is 0. The second-order valence-corrected chi connectivity index (χ2v) is 5.59. The predicted molar refractivity (Wildman–Crippen MR) is 72.1 cm³/mol. The van der Waals surface area contributed by atoms with Crippen LogP contribution in [0.4, 0.5) is 5.69 Å². The molecule has 0 atom stereocenters. The molecule has 2 rings (SSSR count). The molecule has 0 N–H and O–H groups in total. The Morgan fingerprint density at radius 1 is 1.22 bits per heavy atom. The quantitative estimate of drug-likeness (QED) is 0.713. The summed E-state index contributed by atoms with van der Waals surface area (Å²) in [6.45, 7) is 8.22. The number of benzene rings is 1. The van der Waals surface area contributed by atoms with Crippen molar-refractivity contribution in [2.75, 3.05) is 11.4 Å². The molecule has 3 nitrogen and oxygen atoms in total. The zero-order chi connectivity index (χ0) is 13.5. The summed E-state index contributed by atoms with van der Waals surface area (Å²) in [6.07, 6.45) is 0.918. The predicted octanol–water partition coefficient (Wildman–Crippen LogP) is 2.92. The Hall–Kier alpha value is -1.64. The first-order chi connectivity index (χ1) is 8.33. The average Bonchev–Trinajstić information content (AvgIpc) is 2.28. The van der Waals surface area contributed by atoms with Gasteiger partial charge in [-0.3, -0.25) is 9.59 Å². The molecule has 0 radical (unpaired) electrons. The minimum Gasteiger partial charge on any atom is -0.312 e. The standard InChI is InChI=1S/C15H19NO2/c1-10(17)12-5-6-14-13(9-12)15(3,4)7-8-16(14)11(2)18/h5-6,9H,7-8H2,1-4H3. The summed E-state index contributed by atoms with van der Waals surface area (Å²) in [4.78, 5) is 24.9. The van der Waals surface area contributed by atoms with Gasteiger partial charge in [0.25, 0.3) is 0 Å². The number of rotatable bonds is 1. The monoisotopic (exact) mass is 245 g/mol. The van der Waals surface area contributed by atoms with Gasteiger partial charge in [0.05, 0.1) is 0 Å². The number of Topliss-reactive ketones (excluding diaryl/α,β-unsaturated/α-hetero) is 1. The molecule has 1 amide bonds. The molecule has 0 spiro atoms. The van der Waals surface area contributed by atoms with Crippen molar-refractivity contribution in [3.05, 3.63) is 29.3 Å². The highest BCUT2D eigenvalue weighted by Gasteiger charge is 2.32. The van der Waals surface area contributed by atoms with Crippen LogP contribution in [0.15, 0.2) is 18.2 Å². The number of hydrogen-bond acceptors (Lipinski definition) is 2. The zero-order valence-corrected chi connectivity index (χ0v) is 11.4. The number of fused-ring (bicyclic) bond motifs is 1. The van der Waals surface area contributed by atoms with Crippen molar-refractivity contribution in [1.29, 1.82) is 0 Å². The van der Waals surface area contributed by atoms with Gasteiger partial charge in [-0.25, -0.2) is 0 Å². The Morgan fingerprint density at radius 2 is 1.89 bits per heavy atom. The molecule has 0 fully saturated rings. The van der Waals surface area contributed by atoms with Gasteiger partial charge in [-0.15, -0.1) is 0 Å². The smallest absolute Gasteiger partial charge is 0.223 e. The number of carbonyl (C=O) groups excluding carboxylic acids is 2. The topological polar surface area (TPSA) is 37.4 Å². The lowest BCUT2D eigenvalue weighted by Crippen LogP contribution is -2.40. The molecule has 1 aliphatic heterocycles. The molecular formula is C15H19NO2. The lowest BCUT2D eigenvalue weighted by atomic mass is 9.77. The minimum atomic E-state index is 0.00669. The number of amides is 1. The average molecular weight is 245 g/mol. The maximum absolute atomic E-state index is 11.7. The molecule has 3 heteroatoms. The molecule has 1 aromatic rings. The number of hydrogen-bond donors (Lipinski definition) is 0. The van der Waals surface area contributed by atoms with Crippen LogP contribution in [0.3, 0.4) is 0 Å². The molecule has 18 heavy (non-hydrogen) atoms. The molecule has 1 heterocycles. The van der Waals surface area contributed by atoms with E-state index in [2.05, 4.69) is 13.8 Å². The fourth-order valence-electron chi connectivity index (χ4n) is 2.51. The molecule has 0 aromatic heterocycles. The summed E-state index contributed by atoms with van der Waals surface area (Å²) in [5.74, 6) is 0.121. The Labute approximate surface area is 108 Å². The Bertz CT molecular complexity index is 517. The number of nitrogens with zero attached hydrogens (tertiary/aromatic N) is 1. The van der Waals surface area contributed by atoms with E-state index in [1.807, 2.05) is 12.1 Å². The van der Waals surface area contributed by atoms with Gasteiger partial charge in [-0.05, 0) is 42.5 Å². The van der Waals surface area contributed by atoms with Crippen LogP contribution in [-0.2, 0) is 10.2 Å². The van der Waals surface area contributed by atoms with Crippen molar-refractivity contribution in [3.8, 4) is 0 Å². The van der Waals surface area contributed by atoms with Crippen LogP contribution in [0.5, 0.6) is 0 Å². The first kappa shape index (κ1) is 12.8. The highest BCUT2D eigenvalue weighted by Crippen LogP contribution is 2.40. The van der Waals surface area contributed by atoms with Gasteiger partial charge >= 0.3 is 0 Å². The van der Waals surface area contributed by atoms with Crippen LogP contribution >= 0.6 is 0 Å². The van der Waals surface area contributed by atoms with E-state index in [0.717, 1.165) is 24.2 Å². The third-order valence-corrected chi connectivity index (χ3v) is 3.76. The number of ketones is 1. The molecule has 0 saturated heterocycles. The highest BCUT2D eigenvalue weighted by atomic mass is 16.2. The van der Waals surface area contributed by atoms with Crippen molar-refractivity contribution in [2.45, 2.75) is 39.5 Å². The molecule has 0 unspecified atom stereocenters. The SMILES string of the molecule is CC(=O)c1ccc2c(c1)C(C)(C)CCN2C(C)=O. The first-order valence-electron chi connectivity index (χ1n) is 6.26. The molecular weight excluding hydrogens is 226 g/mol. The van der Waals surface area contributed by atoms with Crippen molar-refractivity contribution in [1.82, 2.24) is 0 Å². The van der Waals surface area contributed by atoms with Gasteiger partial charge in [0.1, 0.15) is 0 Å². The maximum atomic E-state index is 11.7. The molecule has 96 valence electrons. The van der Waals surface area contributed by atoms with Crippen LogP contribution < -0.4 is 4.90 Å². The fourth-order valence-corrected chi connectivity index (χ4v) is 2.51. The third kappa shape index (κ3) is 2.05. The van der Waals surface area contributed by atoms with Gasteiger partial charge in [-0.1, -0.05) is 13.8 Å². The van der Waals surface area contributed by atoms with Gasteiger partial charge < -0.3 is 4.90 Å². The Balaban J connectivity index is 2.59. The summed E-state index contributed by atoms with van der Waals surface area (Å²) >= 11 is 0. The largest absolute Gasteiger partial charge is 0.312 e. The summed E-state index contributed by atoms with van der Waals surface area (Å²) in [5.41, 5.74) is 2.76. The Morgan fingerprint density at radius 3 is 2.44 bits per heavy atom. The molecule has 1 aliphatic rings. The van der Waals surface area contributed by atoms with E-state index in [9.17, 15) is 9.59 Å². The molecule has 0 aliphatic carbocycles. The lowest BCUT2D eigenvalue weighted by Gasteiger charge is -2.39. The molecule has 0 saturated carbocycles. The maximum Gasteiger partial charge on any atom is 0.223 e. The van der Waals surface area contributed by atoms with E-state index in [4.69, 9.17) is 0 Å². The van der Waals surface area contributed by atoms with E-state index in [1.165, 1.54) is 0 Å². The van der Waals surface area contributed by atoms with Crippen LogP contribution in [0, 0.1) is 0 Å². The normalized spacial score (nSPS) is 17.2. The van der Waals surface area contributed by atoms with Crippen molar-refractivity contribution in [2.24, 2.45) is 0 Å². The summed E-state index contributed by atoms with van der Waals surface area (Å²) in [5, 5.41) is 0. The first-order valence-corrected chi connectivity index (χ1v) is 6.26. The van der Waals surface area contributed by atoms with E-state index in [-0.39, 0.29) is 17.1 Å². The second-order valence-electron chi connectivity index (χ2n) is 5.59. The second kappa shape index (κ2) is 4.23. The van der Waals surface area contributed by atoms with Gasteiger partial charge in [0.2, 0.25) is 5.91 Å². The van der Waals surface area contributed by atoms with Crippen molar-refractivity contribution < 1.29 is 9.59 Å². The van der Waals surface area contributed by atoms with Crippen LogP contribution in [0.1, 0.15) is 50.0 Å². The molecule has 1 aromatic carbocycles. The van der Waals surface area contributed by atoms with E-state index >= 15 is 0 Å². The van der Waals surface area contributed by atoms with Gasteiger partial charge in [0, 0.05) is 24.7 Å². The van der Waals surface area contributed by atoms with E-state index in [0.29, 0.717) is 5.56 Å². The summed E-state index contributed by atoms with van der Waals surface area (Å²) in [6, 6.07) is 5.64. The zero-order valence-electron chi connectivity index (χ0n) is 11.4. The van der Waals surface area contributed by atoms with Crippen molar-refractivity contribution in [3.63, 3.8) is 0 Å². The van der Waals surface area contributed by atoms with Crippen molar-refractivity contribution >= 4 is 17.4 Å². The molecule has 0 bridgehead atoms. The van der Waals surface area contributed by atoms with Crippen LogP contribution in [0.2, 0.25) is 0 Å². The minimum absolute atomic E-state index is 0.00669. The summed E-state index contributed by atoms with van der Waals surface area (Å²) in [7, 11) is 0.